The lowest BCUT2D eigenvalue weighted by atomic mass is 10.8. The number of rotatable bonds is 2. The summed E-state index contributed by atoms with van der Waals surface area (Å²) in [6.45, 7) is 0. The van der Waals surface area contributed by atoms with E-state index in [1.807, 2.05) is 0 Å². The first kappa shape index (κ1) is 16.3. The highest BCUT2D eigenvalue weighted by Gasteiger charge is 1.92. The fourth-order valence-electron chi connectivity index (χ4n) is 0.783. The minimum Gasteiger partial charge on any atom is -0.389 e. The Kier molecular flexibility index (Phi) is 6.49. The van der Waals surface area contributed by atoms with Gasteiger partial charge in [-0.05, 0) is 0 Å². The number of hydrogen-bond acceptors (Lipinski definition) is 11. The van der Waals surface area contributed by atoms with Crippen molar-refractivity contribution in [1.82, 2.24) is 19.9 Å². The first-order valence-corrected chi connectivity index (χ1v) is 6.64. The highest BCUT2D eigenvalue weighted by Crippen LogP contribution is 1.78. The molecule has 0 bridgehead atoms. The fraction of sp³-hybridized carbons (Fsp3) is 0. The first-order valence-electron chi connectivity index (χ1n) is 4.70. The third-order valence-corrected chi connectivity index (χ3v) is 2.12. The van der Waals surface area contributed by atoms with Crippen molar-refractivity contribution in [3.63, 3.8) is 0 Å². The SMILES string of the molecule is O=S=Cc1ncnc(=O)o1.O=c1ncnc(C=S(=O)=O)o1. The van der Waals surface area contributed by atoms with Crippen molar-refractivity contribution in [3.8, 4) is 0 Å². The maximum Gasteiger partial charge on any atom is 0.441 e. The van der Waals surface area contributed by atoms with Gasteiger partial charge in [0.1, 0.15) is 18.0 Å². The largest absolute Gasteiger partial charge is 0.441 e. The fourth-order valence-corrected chi connectivity index (χ4v) is 1.25. The van der Waals surface area contributed by atoms with Crippen LogP contribution in [0.4, 0.5) is 0 Å². The van der Waals surface area contributed by atoms with Crippen LogP contribution in [0.25, 0.3) is 0 Å². The van der Waals surface area contributed by atoms with Crippen LogP contribution in [0, 0.1) is 0 Å². The van der Waals surface area contributed by atoms with Gasteiger partial charge in [-0.15, -0.1) is 0 Å². The van der Waals surface area contributed by atoms with Crippen molar-refractivity contribution >= 4 is 32.3 Å². The van der Waals surface area contributed by atoms with Gasteiger partial charge >= 0.3 is 11.5 Å². The van der Waals surface area contributed by atoms with Gasteiger partial charge in [0, 0.05) is 0 Å². The summed E-state index contributed by atoms with van der Waals surface area (Å²) in [6, 6.07) is 0. The second kappa shape index (κ2) is 8.39. The van der Waals surface area contributed by atoms with E-state index in [0.29, 0.717) is 5.37 Å². The van der Waals surface area contributed by atoms with E-state index in [2.05, 4.69) is 28.8 Å². The van der Waals surface area contributed by atoms with Crippen LogP contribution in [-0.4, -0.2) is 43.3 Å². The van der Waals surface area contributed by atoms with Gasteiger partial charge in [0.15, 0.2) is 0 Å². The zero-order valence-electron chi connectivity index (χ0n) is 9.77. The second-order valence-corrected chi connectivity index (χ2v) is 3.94. The Morgan fingerprint density at radius 1 is 0.952 bits per heavy atom. The maximum atomic E-state index is 10.3. The molecule has 2 aromatic heterocycles. The van der Waals surface area contributed by atoms with Crippen LogP contribution in [0.15, 0.2) is 31.1 Å². The predicted molar refractivity (Wildman–Crippen MR) is 68.5 cm³/mol. The van der Waals surface area contributed by atoms with Crippen LogP contribution in [0.1, 0.15) is 11.8 Å². The standard InChI is InChI=1S/C4H2N2O4S.C4H2N2O3S/c7-4-6-2-5-3(10-4)1-11(8)9;7-4-6-2-5-3(9-4)1-10-8/h1-2H;1-2H. The quantitative estimate of drug-likeness (QED) is 0.524. The van der Waals surface area contributed by atoms with E-state index in [1.165, 1.54) is 0 Å². The van der Waals surface area contributed by atoms with Crippen LogP contribution in [-0.2, 0) is 21.5 Å². The lowest BCUT2D eigenvalue weighted by molar-refractivity contribution is 0.455. The molecule has 21 heavy (non-hydrogen) atoms. The lowest BCUT2D eigenvalue weighted by Crippen LogP contribution is -2.06. The zero-order chi connectivity index (χ0) is 15.7. The summed E-state index contributed by atoms with van der Waals surface area (Å²) < 4.78 is 38.5. The van der Waals surface area contributed by atoms with Crippen molar-refractivity contribution < 1.29 is 21.5 Å². The minimum absolute atomic E-state index is 0.0139. The Hall–Kier alpha value is -2.80. The molecular formula is C8H4N4O7S2. The summed E-state index contributed by atoms with van der Waals surface area (Å²) in [5.74, 6) is -1.93. The molecule has 0 unspecified atom stereocenters. The van der Waals surface area contributed by atoms with Crippen LogP contribution < -0.4 is 11.5 Å². The van der Waals surface area contributed by atoms with Crippen molar-refractivity contribution in [3.05, 3.63) is 45.5 Å². The molecule has 0 saturated carbocycles. The van der Waals surface area contributed by atoms with Gasteiger partial charge in [-0.2, -0.15) is 18.4 Å². The molecule has 0 saturated heterocycles. The van der Waals surface area contributed by atoms with Gasteiger partial charge < -0.3 is 8.83 Å². The molecule has 2 heterocycles. The van der Waals surface area contributed by atoms with Gasteiger partial charge in [0.05, 0.1) is 16.6 Å². The molecular weight excluding hydrogens is 328 g/mol. The molecule has 13 heteroatoms. The first-order chi connectivity index (χ1) is 10.0. The summed E-state index contributed by atoms with van der Waals surface area (Å²) in [7, 11) is -2.42. The van der Waals surface area contributed by atoms with Gasteiger partial charge in [-0.1, -0.05) is 0 Å². The van der Waals surface area contributed by atoms with E-state index in [-0.39, 0.29) is 23.0 Å². The zero-order valence-corrected chi connectivity index (χ0v) is 11.4. The molecule has 2 rings (SSSR count). The van der Waals surface area contributed by atoms with Crippen LogP contribution in [0.5, 0.6) is 0 Å². The molecule has 0 aliphatic rings. The summed E-state index contributed by atoms with van der Waals surface area (Å²) in [5.41, 5.74) is 0. The normalized spacial score (nSPS) is 8.95. The molecule has 0 aliphatic carbocycles. The van der Waals surface area contributed by atoms with Crippen LogP contribution in [0.3, 0.4) is 0 Å². The Balaban J connectivity index is 0.000000211. The van der Waals surface area contributed by atoms with Gasteiger partial charge in [-0.3, -0.25) is 0 Å². The number of aromatic nitrogens is 4. The molecule has 0 spiro atoms. The summed E-state index contributed by atoms with van der Waals surface area (Å²) in [4.78, 5) is 33.7. The molecule has 110 valence electrons. The van der Waals surface area contributed by atoms with Gasteiger partial charge in [0.2, 0.25) is 22.1 Å². The summed E-state index contributed by atoms with van der Waals surface area (Å²) in [6.07, 6.45) is 1.96. The van der Waals surface area contributed by atoms with Crippen LogP contribution >= 0.6 is 0 Å². The topological polar surface area (TPSA) is 163 Å². The summed E-state index contributed by atoms with van der Waals surface area (Å²) in [5, 5.41) is 1.74. The van der Waals surface area contributed by atoms with Crippen molar-refractivity contribution in [2.24, 2.45) is 0 Å². The van der Waals surface area contributed by atoms with Gasteiger partial charge in [0.25, 0.3) is 0 Å². The molecule has 0 amide bonds. The van der Waals surface area contributed by atoms with E-state index in [1.54, 1.807) is 0 Å². The summed E-state index contributed by atoms with van der Waals surface area (Å²) >= 11 is 0.166. The highest BCUT2D eigenvalue weighted by molar-refractivity contribution is 7.71. The van der Waals surface area contributed by atoms with E-state index in [0.717, 1.165) is 18.0 Å². The molecule has 0 N–H and O–H groups in total. The molecule has 0 fully saturated rings. The monoisotopic (exact) mass is 332 g/mol. The predicted octanol–water partition coefficient (Wildman–Crippen LogP) is -2.75. The smallest absolute Gasteiger partial charge is 0.389 e. The average molecular weight is 332 g/mol. The maximum absolute atomic E-state index is 10.3. The third-order valence-electron chi connectivity index (χ3n) is 1.43. The average Bonchev–Trinajstić information content (AvgIpc) is 2.39. The van der Waals surface area contributed by atoms with E-state index in [9.17, 15) is 22.2 Å². The molecule has 11 nitrogen and oxygen atoms in total. The van der Waals surface area contributed by atoms with Crippen molar-refractivity contribution in [2.45, 2.75) is 0 Å². The minimum atomic E-state index is -2.42. The molecule has 0 radical (unpaired) electrons. The lowest BCUT2D eigenvalue weighted by Gasteiger charge is -1.82. The Bertz CT molecular complexity index is 902. The Morgan fingerprint density at radius 2 is 1.48 bits per heavy atom. The van der Waals surface area contributed by atoms with E-state index >= 15 is 0 Å². The second-order valence-electron chi connectivity index (χ2n) is 2.75. The highest BCUT2D eigenvalue weighted by atomic mass is 32.2. The third kappa shape index (κ3) is 6.79. The van der Waals surface area contributed by atoms with E-state index in [4.69, 9.17) is 0 Å². The molecule has 2 aromatic rings. The molecule has 0 aromatic carbocycles. The van der Waals surface area contributed by atoms with Crippen molar-refractivity contribution in [2.75, 3.05) is 0 Å². The number of nitrogens with zero attached hydrogens (tertiary/aromatic N) is 4. The Labute approximate surface area is 120 Å². The molecule has 0 aliphatic heterocycles. The van der Waals surface area contributed by atoms with Crippen molar-refractivity contribution in [1.29, 1.82) is 0 Å². The van der Waals surface area contributed by atoms with E-state index < -0.39 is 21.8 Å². The molecule has 0 atom stereocenters. The van der Waals surface area contributed by atoms with Crippen LogP contribution in [0.2, 0.25) is 0 Å². The van der Waals surface area contributed by atoms with Gasteiger partial charge in [-0.25, -0.2) is 23.8 Å². The number of hydrogen-bond donors (Lipinski definition) is 0. The Morgan fingerprint density at radius 3 is 1.95 bits per heavy atom.